The van der Waals surface area contributed by atoms with Crippen LogP contribution in [0.25, 0.3) is 0 Å². The molecule has 3 aliphatic heterocycles. The van der Waals surface area contributed by atoms with Crippen LogP contribution >= 0.6 is 0 Å². The quantitative estimate of drug-likeness (QED) is 0.0725. The van der Waals surface area contributed by atoms with E-state index < -0.39 is 61.4 Å². The second-order valence-electron chi connectivity index (χ2n) is 18.2. The molecule has 13 heteroatoms. The molecule has 13 nitrogen and oxygen atoms in total. The molecule has 0 N–H and O–H groups in total. The highest BCUT2D eigenvalue weighted by Gasteiger charge is 2.51. The molecule has 9 rings (SSSR count). The molecule has 3 heterocycles. The van der Waals surface area contributed by atoms with Gasteiger partial charge in [0.25, 0.3) is 0 Å². The monoisotopic (exact) mass is 996 g/mol. The first-order valence-electron chi connectivity index (χ1n) is 25.4. The van der Waals surface area contributed by atoms with E-state index in [1.165, 1.54) is 0 Å². The van der Waals surface area contributed by atoms with Crippen LogP contribution in [-0.2, 0) is 101 Å². The van der Waals surface area contributed by atoms with Gasteiger partial charge < -0.3 is 61.6 Å². The average Bonchev–Trinajstić information content (AvgIpc) is 3.45. The van der Waals surface area contributed by atoms with Crippen LogP contribution in [0.5, 0.6) is 0 Å². The van der Waals surface area contributed by atoms with Crippen LogP contribution in [0, 0.1) is 0 Å². The minimum atomic E-state index is -0.910. The van der Waals surface area contributed by atoms with Gasteiger partial charge in [0.1, 0.15) is 48.8 Å². The molecule has 0 aliphatic carbocycles. The molecule has 6 aromatic carbocycles. The van der Waals surface area contributed by atoms with Gasteiger partial charge in [0.2, 0.25) is 0 Å². The fourth-order valence-electron chi connectivity index (χ4n) is 9.15. The van der Waals surface area contributed by atoms with Gasteiger partial charge in [0, 0.05) is 0 Å². The van der Waals surface area contributed by atoms with E-state index in [9.17, 15) is 0 Å². The Morgan fingerprint density at radius 1 is 0.301 bits per heavy atom. The lowest BCUT2D eigenvalue weighted by atomic mass is 9.97. The first-order chi connectivity index (χ1) is 36.2. The summed E-state index contributed by atoms with van der Waals surface area (Å²) in [6.45, 7) is 3.57. The molecule has 3 aliphatic rings. The highest BCUT2D eigenvalue weighted by Crippen LogP contribution is 2.33. The van der Waals surface area contributed by atoms with E-state index in [1.54, 1.807) is 0 Å². The van der Waals surface area contributed by atoms with Gasteiger partial charge >= 0.3 is 0 Å². The van der Waals surface area contributed by atoms with Gasteiger partial charge in [0.15, 0.2) is 12.6 Å². The Bertz CT molecular complexity index is 2220. The summed E-state index contributed by atoms with van der Waals surface area (Å²) in [5.41, 5.74) is 6.11. The predicted octanol–water partition coefficient (Wildman–Crippen LogP) is 9.05. The zero-order valence-corrected chi connectivity index (χ0v) is 41.3. The summed E-state index contributed by atoms with van der Waals surface area (Å²) < 4.78 is 86.9. The lowest BCUT2D eigenvalue weighted by Gasteiger charge is -2.46. The average molecular weight is 997 g/mol. The van der Waals surface area contributed by atoms with Crippen molar-refractivity contribution in [2.45, 2.75) is 101 Å². The normalized spacial score (nSPS) is 26.1. The van der Waals surface area contributed by atoms with E-state index in [0.717, 1.165) is 33.4 Å². The van der Waals surface area contributed by atoms with Crippen LogP contribution in [0.15, 0.2) is 182 Å². The van der Waals surface area contributed by atoms with Crippen LogP contribution in [0.1, 0.15) is 33.4 Å². The summed E-state index contributed by atoms with van der Waals surface area (Å²) in [6, 6.07) is 60.3. The summed E-state index contributed by atoms with van der Waals surface area (Å²) in [6.07, 6.45) is -7.02. The van der Waals surface area contributed by atoms with Crippen molar-refractivity contribution in [1.29, 1.82) is 0 Å². The molecule has 73 heavy (non-hydrogen) atoms. The van der Waals surface area contributed by atoms with Crippen molar-refractivity contribution in [1.82, 2.24) is 0 Å². The summed E-state index contributed by atoms with van der Waals surface area (Å²) in [4.78, 5) is 0. The van der Waals surface area contributed by atoms with Gasteiger partial charge in [-0.1, -0.05) is 182 Å². The second-order valence-corrected chi connectivity index (χ2v) is 18.2. The van der Waals surface area contributed by atoms with E-state index in [4.69, 9.17) is 61.6 Å². The zero-order chi connectivity index (χ0) is 49.5. The predicted molar refractivity (Wildman–Crippen MR) is 272 cm³/mol. The maximum Gasteiger partial charge on any atom is 0.187 e. The number of hydrogen-bond acceptors (Lipinski definition) is 13. The van der Waals surface area contributed by atoms with Gasteiger partial charge in [0.05, 0.1) is 92.5 Å². The summed E-state index contributed by atoms with van der Waals surface area (Å²) in [5, 5.41) is 0. The van der Waals surface area contributed by atoms with E-state index in [2.05, 4.69) is 0 Å². The van der Waals surface area contributed by atoms with Gasteiger partial charge in [-0.05, 0) is 33.4 Å². The molecule has 3 fully saturated rings. The van der Waals surface area contributed by atoms with E-state index >= 15 is 0 Å². The topological polar surface area (TPSA) is 120 Å². The lowest BCUT2D eigenvalue weighted by molar-refractivity contribution is -0.339. The van der Waals surface area contributed by atoms with E-state index in [0.29, 0.717) is 39.6 Å². The van der Waals surface area contributed by atoms with Crippen molar-refractivity contribution in [3.63, 3.8) is 0 Å². The second kappa shape index (κ2) is 29.0. The van der Waals surface area contributed by atoms with Crippen molar-refractivity contribution >= 4 is 0 Å². The number of benzene rings is 6. The summed E-state index contributed by atoms with van der Waals surface area (Å²) in [7, 11) is 0. The Morgan fingerprint density at radius 2 is 0.575 bits per heavy atom. The maximum atomic E-state index is 6.89. The van der Waals surface area contributed by atoms with E-state index in [1.807, 2.05) is 182 Å². The van der Waals surface area contributed by atoms with Gasteiger partial charge in [-0.15, -0.1) is 0 Å². The molecule has 10 atom stereocenters. The SMILES string of the molecule is c1ccc(COC[C@H]2O[C@H]3OCCO[C@@H]4O[C@H](COCc5ccccc5)[C@@H](OCc5ccccc5)[C@H](OCc5ccccc5)[C@H]4OCCOCCO[C@@H]3[C@@H](OCc3ccccc3)[C@@H]2OCc2ccccc2)cc1. The Labute approximate surface area is 429 Å². The minimum Gasteiger partial charge on any atom is -0.377 e. The molecule has 3 saturated heterocycles. The van der Waals surface area contributed by atoms with Crippen LogP contribution in [0.3, 0.4) is 0 Å². The first-order valence-corrected chi connectivity index (χ1v) is 25.4. The fourth-order valence-corrected chi connectivity index (χ4v) is 9.15. The van der Waals surface area contributed by atoms with Crippen LogP contribution in [0.4, 0.5) is 0 Å². The van der Waals surface area contributed by atoms with Crippen molar-refractivity contribution in [3.8, 4) is 0 Å². The van der Waals surface area contributed by atoms with Crippen LogP contribution in [-0.4, -0.2) is 114 Å². The molecular formula is C60H68O13. The van der Waals surface area contributed by atoms with Gasteiger partial charge in [-0.2, -0.15) is 0 Å². The standard InChI is InChI=1S/C60H68O13/c1-7-19-45(20-8-1)37-62-43-51-53(68-39-47-23-11-3-12-24-47)55(70-41-49-27-15-5-16-28-49)57-59(72-51)66-35-36-67-60-58(65-34-32-61-31-33-64-57)56(71-42-50-29-17-6-18-30-50)54(69-40-48-25-13-4-14-26-48)52(73-60)44-63-38-46-21-9-2-10-22-46/h1-30,51-60H,31-44H2/t51-,52-,53-,54-,55+,56+,57-,58-,59-,60-/m1/s1. The van der Waals surface area contributed by atoms with Crippen LogP contribution in [0.2, 0.25) is 0 Å². The Balaban J connectivity index is 0.968. The zero-order valence-electron chi connectivity index (χ0n) is 41.3. The van der Waals surface area contributed by atoms with Crippen molar-refractivity contribution in [2.24, 2.45) is 0 Å². The third kappa shape index (κ3) is 16.1. The van der Waals surface area contributed by atoms with E-state index in [-0.39, 0.29) is 52.9 Å². The Kier molecular flexibility index (Phi) is 20.9. The smallest absolute Gasteiger partial charge is 0.187 e. The van der Waals surface area contributed by atoms with Crippen LogP contribution < -0.4 is 0 Å². The highest BCUT2D eigenvalue weighted by atomic mass is 16.8. The minimum absolute atomic E-state index is 0.102. The third-order valence-corrected chi connectivity index (χ3v) is 12.8. The highest BCUT2D eigenvalue weighted by molar-refractivity contribution is 5.18. The van der Waals surface area contributed by atoms with Crippen molar-refractivity contribution in [3.05, 3.63) is 215 Å². The van der Waals surface area contributed by atoms with Gasteiger partial charge in [-0.3, -0.25) is 0 Å². The van der Waals surface area contributed by atoms with Crippen molar-refractivity contribution in [2.75, 3.05) is 52.9 Å². The Morgan fingerprint density at radius 3 is 0.890 bits per heavy atom. The maximum absolute atomic E-state index is 6.89. The number of rotatable bonds is 20. The fraction of sp³-hybridized carbons (Fsp3) is 0.400. The number of fused-ring (bicyclic) bond motifs is 2. The lowest BCUT2D eigenvalue weighted by Crippen LogP contribution is -2.62. The molecule has 0 amide bonds. The third-order valence-electron chi connectivity index (χ3n) is 12.8. The van der Waals surface area contributed by atoms with Crippen molar-refractivity contribution < 1.29 is 61.6 Å². The summed E-state index contributed by atoms with van der Waals surface area (Å²) in [5.74, 6) is 0. The molecule has 0 aromatic heterocycles. The largest absolute Gasteiger partial charge is 0.377 e. The molecule has 6 aromatic rings. The molecular weight excluding hydrogens is 929 g/mol. The summed E-state index contributed by atoms with van der Waals surface area (Å²) >= 11 is 0. The molecule has 0 unspecified atom stereocenters. The molecule has 0 bridgehead atoms. The van der Waals surface area contributed by atoms with Gasteiger partial charge in [-0.25, -0.2) is 0 Å². The molecule has 0 saturated carbocycles. The first kappa shape index (κ1) is 52.7. The number of ether oxygens (including phenoxy) is 13. The molecule has 386 valence electrons. The molecule has 0 spiro atoms. The Hall–Kier alpha value is -5.20. The number of hydrogen-bond donors (Lipinski definition) is 0. The molecule has 0 radical (unpaired) electrons.